The number of nitrogens with zero attached hydrogens (tertiary/aromatic N) is 9. The molecular formula is C25H30FN9O. The van der Waals surface area contributed by atoms with E-state index in [4.69, 9.17) is 5.10 Å². The van der Waals surface area contributed by atoms with Gasteiger partial charge in [0, 0.05) is 57.9 Å². The molecule has 10 nitrogen and oxygen atoms in total. The van der Waals surface area contributed by atoms with Crippen LogP contribution >= 0.6 is 0 Å². The molecule has 0 spiro atoms. The number of urea groups is 1. The number of likely N-dealkylation sites (tertiary alicyclic amines) is 1. The van der Waals surface area contributed by atoms with Crippen molar-refractivity contribution in [3.8, 4) is 6.07 Å². The maximum Gasteiger partial charge on any atom is 0.319 e. The number of carbonyl (C=O) groups is 1. The molecule has 6 rings (SSSR count). The summed E-state index contributed by atoms with van der Waals surface area (Å²) >= 11 is 0. The minimum absolute atomic E-state index is 0.0644. The van der Waals surface area contributed by atoms with Gasteiger partial charge in [0.25, 0.3) is 0 Å². The predicted octanol–water partition coefficient (Wildman–Crippen LogP) is 2.24. The van der Waals surface area contributed by atoms with E-state index in [1.807, 2.05) is 11.0 Å². The number of nitriles is 1. The molecule has 1 saturated heterocycles. The summed E-state index contributed by atoms with van der Waals surface area (Å²) in [6.45, 7) is 7.97. The number of pyridine rings is 1. The van der Waals surface area contributed by atoms with Gasteiger partial charge in [0.2, 0.25) is 0 Å². The van der Waals surface area contributed by atoms with E-state index in [1.54, 1.807) is 25.1 Å². The lowest BCUT2D eigenvalue weighted by Gasteiger charge is -2.49. The van der Waals surface area contributed by atoms with Gasteiger partial charge in [-0.05, 0) is 32.4 Å². The van der Waals surface area contributed by atoms with E-state index in [2.05, 4.69) is 39.5 Å². The third kappa shape index (κ3) is 3.35. The van der Waals surface area contributed by atoms with Gasteiger partial charge in [0.1, 0.15) is 17.3 Å². The molecule has 0 aromatic carbocycles. The van der Waals surface area contributed by atoms with Crippen molar-refractivity contribution in [3.05, 3.63) is 46.8 Å². The Hall–Kier alpha value is -3.65. The summed E-state index contributed by atoms with van der Waals surface area (Å²) in [7, 11) is 3.58. The van der Waals surface area contributed by atoms with Crippen LogP contribution in [0.3, 0.4) is 0 Å². The SMILES string of the molecule is C[C@@H]1CN(c2ccc(C#N)n3ncc(F)c23)Cc2c3c(nn21)CN(C1CN(C(=O)N(C)C)C1)[C@@H](C)C3. The van der Waals surface area contributed by atoms with Crippen LogP contribution < -0.4 is 4.90 Å². The Morgan fingerprint density at radius 2 is 1.94 bits per heavy atom. The van der Waals surface area contributed by atoms with Crippen LogP contribution in [-0.2, 0) is 19.5 Å². The summed E-state index contributed by atoms with van der Waals surface area (Å²) in [4.78, 5) is 20.4. The fourth-order valence-electron chi connectivity index (χ4n) is 6.00. The number of hydrogen-bond acceptors (Lipinski definition) is 6. The quantitative estimate of drug-likeness (QED) is 0.546. The van der Waals surface area contributed by atoms with E-state index < -0.39 is 5.82 Å². The van der Waals surface area contributed by atoms with Crippen molar-refractivity contribution >= 4 is 17.2 Å². The van der Waals surface area contributed by atoms with E-state index in [9.17, 15) is 14.4 Å². The lowest BCUT2D eigenvalue weighted by molar-refractivity contribution is 0.0153. The molecule has 0 unspecified atom stereocenters. The molecule has 0 N–H and O–H groups in total. The summed E-state index contributed by atoms with van der Waals surface area (Å²) < 4.78 is 18.3. The van der Waals surface area contributed by atoms with Crippen LogP contribution in [0, 0.1) is 17.1 Å². The molecule has 36 heavy (non-hydrogen) atoms. The molecule has 188 valence electrons. The minimum Gasteiger partial charge on any atom is -0.362 e. The first kappa shape index (κ1) is 22.8. The van der Waals surface area contributed by atoms with Crippen molar-refractivity contribution < 1.29 is 9.18 Å². The number of fused-ring (bicyclic) bond motifs is 4. The number of halogens is 1. The highest BCUT2D eigenvalue weighted by Crippen LogP contribution is 2.36. The minimum atomic E-state index is -0.428. The summed E-state index contributed by atoms with van der Waals surface area (Å²) in [6, 6.07) is 6.48. The topological polar surface area (TPSA) is 88.9 Å². The first-order valence-corrected chi connectivity index (χ1v) is 12.4. The van der Waals surface area contributed by atoms with Gasteiger partial charge in [-0.2, -0.15) is 15.5 Å². The Morgan fingerprint density at radius 1 is 1.17 bits per heavy atom. The van der Waals surface area contributed by atoms with Gasteiger partial charge >= 0.3 is 6.03 Å². The monoisotopic (exact) mass is 491 g/mol. The second-order valence-corrected chi connectivity index (χ2v) is 10.5. The third-order valence-electron chi connectivity index (χ3n) is 7.88. The lowest BCUT2D eigenvalue weighted by atomic mass is 9.93. The van der Waals surface area contributed by atoms with E-state index >= 15 is 0 Å². The zero-order valence-electron chi connectivity index (χ0n) is 21.0. The summed E-state index contributed by atoms with van der Waals surface area (Å²) in [6.07, 6.45) is 2.07. The molecule has 2 atom stereocenters. The van der Waals surface area contributed by atoms with Gasteiger partial charge in [-0.25, -0.2) is 13.7 Å². The normalized spacial score (nSPS) is 22.2. The van der Waals surface area contributed by atoms with Gasteiger partial charge in [-0.15, -0.1) is 0 Å². The fourth-order valence-corrected chi connectivity index (χ4v) is 6.00. The number of rotatable bonds is 2. The molecule has 3 aliphatic heterocycles. The van der Waals surface area contributed by atoms with Gasteiger partial charge < -0.3 is 14.7 Å². The van der Waals surface area contributed by atoms with Gasteiger partial charge in [0.05, 0.1) is 35.9 Å². The molecule has 0 aliphatic carbocycles. The van der Waals surface area contributed by atoms with Crippen LogP contribution in [0.4, 0.5) is 14.9 Å². The summed E-state index contributed by atoms with van der Waals surface area (Å²) in [5.74, 6) is -0.428. The maximum atomic E-state index is 14.7. The van der Waals surface area contributed by atoms with Crippen LogP contribution in [0.2, 0.25) is 0 Å². The van der Waals surface area contributed by atoms with Gasteiger partial charge in [0.15, 0.2) is 5.82 Å². The van der Waals surface area contributed by atoms with Crippen molar-refractivity contribution in [1.82, 2.24) is 34.1 Å². The molecule has 2 amide bonds. The smallest absolute Gasteiger partial charge is 0.319 e. The largest absolute Gasteiger partial charge is 0.362 e. The fraction of sp³-hybridized carbons (Fsp3) is 0.520. The van der Waals surface area contributed by atoms with E-state index in [1.165, 1.54) is 22.0 Å². The Bertz CT molecular complexity index is 1400. The molecule has 6 heterocycles. The number of aromatic nitrogens is 4. The predicted molar refractivity (Wildman–Crippen MR) is 131 cm³/mol. The number of hydrogen-bond donors (Lipinski definition) is 0. The molecule has 1 fully saturated rings. The van der Waals surface area contributed by atoms with Crippen molar-refractivity contribution in [2.75, 3.05) is 38.6 Å². The number of anilines is 1. The van der Waals surface area contributed by atoms with E-state index in [0.29, 0.717) is 36.4 Å². The number of carbonyl (C=O) groups excluding carboxylic acids is 1. The second-order valence-electron chi connectivity index (χ2n) is 10.5. The molecule has 3 aromatic heterocycles. The van der Waals surface area contributed by atoms with Crippen LogP contribution in [-0.4, -0.2) is 85.9 Å². The Kier molecular flexibility index (Phi) is 5.19. The molecule has 0 saturated carbocycles. The highest BCUT2D eigenvalue weighted by Gasteiger charge is 2.41. The number of amides is 2. The third-order valence-corrected chi connectivity index (χ3v) is 7.88. The zero-order valence-corrected chi connectivity index (χ0v) is 21.0. The highest BCUT2D eigenvalue weighted by molar-refractivity contribution is 5.75. The first-order valence-electron chi connectivity index (χ1n) is 12.4. The van der Waals surface area contributed by atoms with Crippen molar-refractivity contribution in [2.24, 2.45) is 0 Å². The average molecular weight is 492 g/mol. The molecule has 0 bridgehead atoms. The van der Waals surface area contributed by atoms with Crippen LogP contribution in [0.1, 0.15) is 42.5 Å². The Balaban J connectivity index is 1.27. The summed E-state index contributed by atoms with van der Waals surface area (Å²) in [5, 5.41) is 18.5. The van der Waals surface area contributed by atoms with Crippen LogP contribution in [0.15, 0.2) is 18.3 Å². The van der Waals surface area contributed by atoms with Crippen molar-refractivity contribution in [1.29, 1.82) is 5.26 Å². The van der Waals surface area contributed by atoms with Gasteiger partial charge in [-0.3, -0.25) is 9.58 Å². The zero-order chi connectivity index (χ0) is 25.3. The molecule has 3 aromatic rings. The van der Waals surface area contributed by atoms with E-state index in [0.717, 1.165) is 37.4 Å². The van der Waals surface area contributed by atoms with Gasteiger partial charge in [-0.1, -0.05) is 0 Å². The first-order chi connectivity index (χ1) is 17.3. The average Bonchev–Trinajstić information content (AvgIpc) is 3.38. The van der Waals surface area contributed by atoms with Crippen LogP contribution in [0.25, 0.3) is 5.52 Å². The molecule has 11 heteroatoms. The maximum absolute atomic E-state index is 14.7. The lowest BCUT2D eigenvalue weighted by Crippen LogP contribution is -2.64. The molecular weight excluding hydrogens is 461 g/mol. The standard InChI is InChI=1S/C25H30FN9O/c1-15-7-19-21(13-33(15)18-11-32(12-18)25(36)30(3)4)29-34-16(2)10-31(14-23(19)34)22-6-5-17(8-27)35-24(22)20(26)9-28-35/h5-6,9,15-16,18H,7,10-14H2,1-4H3/t15-,16+/m0/s1. The summed E-state index contributed by atoms with van der Waals surface area (Å²) in [5.41, 5.74) is 4.95. The van der Waals surface area contributed by atoms with Crippen molar-refractivity contribution in [3.63, 3.8) is 0 Å². The molecule has 3 aliphatic rings. The van der Waals surface area contributed by atoms with Crippen molar-refractivity contribution in [2.45, 2.75) is 51.5 Å². The Labute approximate surface area is 209 Å². The van der Waals surface area contributed by atoms with Crippen LogP contribution in [0.5, 0.6) is 0 Å². The Morgan fingerprint density at radius 3 is 2.67 bits per heavy atom. The second kappa shape index (κ2) is 8.20. The highest BCUT2D eigenvalue weighted by atomic mass is 19.1. The molecule has 0 radical (unpaired) electrons. The van der Waals surface area contributed by atoms with E-state index in [-0.39, 0.29) is 12.1 Å².